The molecular weight excluding hydrogens is 333 g/mol. The Morgan fingerprint density at radius 1 is 1.08 bits per heavy atom. The number of carbonyl (C=O) groups excluding carboxylic acids is 1. The summed E-state index contributed by atoms with van der Waals surface area (Å²) in [7, 11) is 3.27. The average molecular weight is 353 g/mol. The molecule has 26 heavy (non-hydrogen) atoms. The van der Waals surface area contributed by atoms with E-state index in [9.17, 15) is 9.18 Å². The summed E-state index contributed by atoms with van der Waals surface area (Å²) in [6, 6.07) is 11.4. The van der Waals surface area contributed by atoms with Gasteiger partial charge in [-0.05, 0) is 56.3 Å². The van der Waals surface area contributed by atoms with E-state index in [2.05, 4.69) is 0 Å². The van der Waals surface area contributed by atoms with E-state index in [1.54, 1.807) is 30.3 Å². The fourth-order valence-electron chi connectivity index (χ4n) is 2.58. The molecule has 0 fully saturated rings. The zero-order valence-corrected chi connectivity index (χ0v) is 15.2. The molecule has 3 rings (SSSR count). The number of hydrogen-bond donors (Lipinski definition) is 0. The summed E-state index contributed by atoms with van der Waals surface area (Å²) in [4.78, 5) is 23.2. The Balaban J connectivity index is 2.23. The Kier molecular flexibility index (Phi) is 4.84. The summed E-state index contributed by atoms with van der Waals surface area (Å²) < 4.78 is 18.1. The van der Waals surface area contributed by atoms with Crippen molar-refractivity contribution < 1.29 is 13.9 Å². The molecule has 134 valence electrons. The number of aromatic nitrogens is 2. The van der Waals surface area contributed by atoms with Gasteiger partial charge in [0, 0.05) is 18.7 Å². The van der Waals surface area contributed by atoms with Gasteiger partial charge in [-0.3, -0.25) is 0 Å². The molecule has 0 bridgehead atoms. The van der Waals surface area contributed by atoms with E-state index in [4.69, 9.17) is 14.7 Å². The Hall–Kier alpha value is -3.02. The smallest absolute Gasteiger partial charge is 0.337 e. The molecule has 0 saturated heterocycles. The number of methoxy groups -OCH3 is 1. The van der Waals surface area contributed by atoms with Crippen LogP contribution in [0.3, 0.4) is 0 Å². The van der Waals surface area contributed by atoms with Crippen molar-refractivity contribution in [2.24, 2.45) is 0 Å². The molecule has 0 amide bonds. The molecule has 6 heteroatoms. The van der Waals surface area contributed by atoms with Gasteiger partial charge in [0.05, 0.1) is 23.7 Å². The third kappa shape index (κ3) is 3.35. The number of benzene rings is 2. The lowest BCUT2D eigenvalue weighted by Gasteiger charge is -2.25. The Labute approximate surface area is 151 Å². The van der Waals surface area contributed by atoms with Crippen molar-refractivity contribution in [3.05, 3.63) is 53.8 Å². The number of hydrogen-bond acceptors (Lipinski definition) is 5. The van der Waals surface area contributed by atoms with Gasteiger partial charge in [0.15, 0.2) is 5.82 Å². The van der Waals surface area contributed by atoms with E-state index in [-0.39, 0.29) is 11.9 Å². The predicted octanol–water partition coefficient (Wildman–Crippen LogP) is 4.07. The zero-order chi connectivity index (χ0) is 18.8. The van der Waals surface area contributed by atoms with Gasteiger partial charge in [-0.2, -0.15) is 0 Å². The number of halogens is 1. The number of carbonyl (C=O) groups is 1. The van der Waals surface area contributed by atoms with Gasteiger partial charge < -0.3 is 9.64 Å². The normalized spacial score (nSPS) is 11.0. The third-order valence-electron chi connectivity index (χ3n) is 4.29. The molecule has 0 radical (unpaired) electrons. The van der Waals surface area contributed by atoms with Gasteiger partial charge in [0.25, 0.3) is 0 Å². The quantitative estimate of drug-likeness (QED) is 0.662. The van der Waals surface area contributed by atoms with Crippen LogP contribution in [0.1, 0.15) is 24.2 Å². The Morgan fingerprint density at radius 2 is 1.77 bits per heavy atom. The second-order valence-electron chi connectivity index (χ2n) is 6.30. The summed E-state index contributed by atoms with van der Waals surface area (Å²) in [5.74, 6) is -0.0554. The van der Waals surface area contributed by atoms with E-state index in [1.807, 2.05) is 25.8 Å². The minimum Gasteiger partial charge on any atom is -0.465 e. The summed E-state index contributed by atoms with van der Waals surface area (Å²) in [5.41, 5.74) is 3.11. The van der Waals surface area contributed by atoms with Crippen LogP contribution in [-0.4, -0.2) is 36.1 Å². The van der Waals surface area contributed by atoms with Crippen molar-refractivity contribution >= 4 is 22.8 Å². The van der Waals surface area contributed by atoms with Gasteiger partial charge in [-0.1, -0.05) is 0 Å². The first-order chi connectivity index (χ1) is 12.4. The molecule has 5 nitrogen and oxygen atoms in total. The monoisotopic (exact) mass is 353 g/mol. The van der Waals surface area contributed by atoms with Crippen LogP contribution in [0.5, 0.6) is 0 Å². The highest BCUT2D eigenvalue weighted by atomic mass is 19.1. The van der Waals surface area contributed by atoms with Crippen LogP contribution in [0.15, 0.2) is 42.5 Å². The standard InChI is InChI=1S/C20H20FN3O2/c1-12(2)24(3)19-18(13-5-8-15(21)9-6-13)22-16-10-7-14(20(25)26-4)11-17(16)23-19/h5-12H,1-4H3. The molecular formula is C20H20FN3O2. The predicted molar refractivity (Wildman–Crippen MR) is 99.8 cm³/mol. The molecule has 1 heterocycles. The first kappa shape index (κ1) is 17.8. The molecule has 1 aromatic heterocycles. The van der Waals surface area contributed by atoms with Crippen molar-refractivity contribution in [2.45, 2.75) is 19.9 Å². The first-order valence-corrected chi connectivity index (χ1v) is 8.29. The average Bonchev–Trinajstić information content (AvgIpc) is 2.65. The largest absolute Gasteiger partial charge is 0.465 e. The molecule has 0 aliphatic rings. The van der Waals surface area contributed by atoms with Crippen LogP contribution >= 0.6 is 0 Å². The maximum Gasteiger partial charge on any atom is 0.337 e. The van der Waals surface area contributed by atoms with Gasteiger partial charge >= 0.3 is 5.97 Å². The van der Waals surface area contributed by atoms with Gasteiger partial charge in [-0.15, -0.1) is 0 Å². The third-order valence-corrected chi connectivity index (χ3v) is 4.29. The number of nitrogens with zero attached hydrogens (tertiary/aromatic N) is 3. The van der Waals surface area contributed by atoms with Crippen LogP contribution in [0.2, 0.25) is 0 Å². The summed E-state index contributed by atoms with van der Waals surface area (Å²) in [6.07, 6.45) is 0. The van der Waals surface area contributed by atoms with Crippen molar-refractivity contribution in [2.75, 3.05) is 19.1 Å². The van der Waals surface area contributed by atoms with Crippen molar-refractivity contribution in [1.29, 1.82) is 0 Å². The molecule has 3 aromatic rings. The fraction of sp³-hybridized carbons (Fsp3) is 0.250. The van der Waals surface area contributed by atoms with E-state index in [0.717, 1.165) is 5.56 Å². The van der Waals surface area contributed by atoms with Crippen LogP contribution in [0, 0.1) is 5.82 Å². The summed E-state index contributed by atoms with van der Waals surface area (Å²) in [6.45, 7) is 4.09. The number of anilines is 1. The molecule has 0 aliphatic carbocycles. The lowest BCUT2D eigenvalue weighted by atomic mass is 10.1. The second-order valence-corrected chi connectivity index (χ2v) is 6.30. The highest BCUT2D eigenvalue weighted by molar-refractivity contribution is 5.94. The van der Waals surface area contributed by atoms with Crippen molar-refractivity contribution in [3.63, 3.8) is 0 Å². The zero-order valence-electron chi connectivity index (χ0n) is 15.2. The van der Waals surface area contributed by atoms with Crippen molar-refractivity contribution in [3.8, 4) is 11.3 Å². The maximum atomic E-state index is 13.3. The topological polar surface area (TPSA) is 55.3 Å². The number of esters is 1. The molecule has 0 atom stereocenters. The SMILES string of the molecule is COC(=O)c1ccc2nc(-c3ccc(F)cc3)c(N(C)C(C)C)nc2c1. The lowest BCUT2D eigenvalue weighted by Crippen LogP contribution is -2.27. The fourth-order valence-corrected chi connectivity index (χ4v) is 2.58. The van der Waals surface area contributed by atoms with Crippen molar-refractivity contribution in [1.82, 2.24) is 9.97 Å². The highest BCUT2D eigenvalue weighted by Gasteiger charge is 2.18. The van der Waals surface area contributed by atoms with E-state index < -0.39 is 5.97 Å². The summed E-state index contributed by atoms with van der Waals surface area (Å²) in [5, 5.41) is 0. The molecule has 0 saturated carbocycles. The first-order valence-electron chi connectivity index (χ1n) is 8.29. The molecule has 0 spiro atoms. The van der Waals surface area contributed by atoms with Crippen LogP contribution in [-0.2, 0) is 4.74 Å². The molecule has 2 aromatic carbocycles. The molecule has 0 aliphatic heterocycles. The lowest BCUT2D eigenvalue weighted by molar-refractivity contribution is 0.0601. The van der Waals surface area contributed by atoms with Crippen LogP contribution < -0.4 is 4.90 Å². The number of fused-ring (bicyclic) bond motifs is 1. The molecule has 0 unspecified atom stereocenters. The molecule has 0 N–H and O–H groups in total. The van der Waals surface area contributed by atoms with E-state index in [1.165, 1.54) is 19.2 Å². The van der Waals surface area contributed by atoms with Crippen LogP contribution in [0.4, 0.5) is 10.2 Å². The van der Waals surface area contributed by atoms with E-state index >= 15 is 0 Å². The van der Waals surface area contributed by atoms with Gasteiger partial charge in [0.1, 0.15) is 11.5 Å². The van der Waals surface area contributed by atoms with Gasteiger partial charge in [0.2, 0.25) is 0 Å². The number of ether oxygens (including phenoxy) is 1. The van der Waals surface area contributed by atoms with E-state index in [0.29, 0.717) is 28.1 Å². The Bertz CT molecular complexity index is 955. The summed E-state index contributed by atoms with van der Waals surface area (Å²) >= 11 is 0. The second kappa shape index (κ2) is 7.07. The van der Waals surface area contributed by atoms with Gasteiger partial charge in [-0.25, -0.2) is 19.2 Å². The minimum atomic E-state index is -0.421. The Morgan fingerprint density at radius 3 is 2.38 bits per heavy atom. The minimum absolute atomic E-state index is 0.185. The van der Waals surface area contributed by atoms with Crippen LogP contribution in [0.25, 0.3) is 22.3 Å². The maximum absolute atomic E-state index is 13.3. The number of rotatable bonds is 4. The highest BCUT2D eigenvalue weighted by Crippen LogP contribution is 2.30.